The third-order valence-electron chi connectivity index (χ3n) is 2.37. The molecule has 1 aromatic carbocycles. The smallest absolute Gasteiger partial charge is 0.148 e. The summed E-state index contributed by atoms with van der Waals surface area (Å²) in [6, 6.07) is 12.3. The van der Waals surface area contributed by atoms with Crippen molar-refractivity contribution in [1.82, 2.24) is 0 Å². The minimum atomic E-state index is 0.290. The lowest BCUT2D eigenvalue weighted by atomic mass is 10.2. The topological polar surface area (TPSA) is 17.1 Å². The maximum absolute atomic E-state index is 11.7. The number of benzene rings is 1. The quantitative estimate of drug-likeness (QED) is 0.759. The molecule has 0 saturated carbocycles. The Morgan fingerprint density at radius 3 is 2.65 bits per heavy atom. The van der Waals surface area contributed by atoms with Crippen molar-refractivity contribution in [3.05, 3.63) is 52.2 Å². The van der Waals surface area contributed by atoms with Crippen LogP contribution in [0, 0.1) is 6.92 Å². The van der Waals surface area contributed by atoms with Crippen LogP contribution in [-0.4, -0.2) is 11.5 Å². The number of thioether (sulfide) groups is 1. The Hall–Kier alpha value is -1.06. The van der Waals surface area contributed by atoms with Crippen molar-refractivity contribution in [3.63, 3.8) is 0 Å². The van der Waals surface area contributed by atoms with Gasteiger partial charge in [0.25, 0.3) is 0 Å². The summed E-state index contributed by atoms with van der Waals surface area (Å²) in [6.07, 6.45) is 0.566. The van der Waals surface area contributed by atoms with Gasteiger partial charge in [-0.3, -0.25) is 4.79 Å². The highest BCUT2D eigenvalue weighted by Crippen LogP contribution is 2.19. The normalized spacial score (nSPS) is 10.4. The van der Waals surface area contributed by atoms with Gasteiger partial charge < -0.3 is 0 Å². The van der Waals surface area contributed by atoms with Crippen LogP contribution in [0.1, 0.15) is 10.4 Å². The zero-order valence-corrected chi connectivity index (χ0v) is 11.3. The average Bonchev–Trinajstić information content (AvgIpc) is 2.81. The van der Waals surface area contributed by atoms with Crippen molar-refractivity contribution in [2.45, 2.75) is 18.2 Å². The minimum absolute atomic E-state index is 0.290. The van der Waals surface area contributed by atoms with Gasteiger partial charge in [0.1, 0.15) is 5.78 Å². The fourth-order valence-corrected chi connectivity index (χ4v) is 2.95. The first-order chi connectivity index (χ1) is 8.24. The maximum Gasteiger partial charge on any atom is 0.148 e. The second kappa shape index (κ2) is 6.03. The summed E-state index contributed by atoms with van der Waals surface area (Å²) in [5.74, 6) is 0.846. The zero-order valence-electron chi connectivity index (χ0n) is 9.68. The molecule has 0 atom stereocenters. The van der Waals surface area contributed by atoms with Crippen LogP contribution < -0.4 is 0 Å². The molecule has 0 N–H and O–H groups in total. The molecule has 1 nitrogen and oxygen atoms in total. The molecule has 0 bridgehead atoms. The molecule has 17 heavy (non-hydrogen) atoms. The fourth-order valence-electron chi connectivity index (χ4n) is 1.46. The number of carbonyl (C=O) groups is 1. The summed E-state index contributed by atoms with van der Waals surface area (Å²) in [6.45, 7) is 2.07. The number of carbonyl (C=O) groups excluding carboxylic acids is 1. The third-order valence-corrected chi connectivity index (χ3v) is 4.32. The standard InChI is InChI=1S/C14H14OS2/c1-11-4-6-13(7-5-11)17-10-12(15)9-14-3-2-8-16-14/h2-8H,9-10H2,1H3. The summed E-state index contributed by atoms with van der Waals surface area (Å²) in [4.78, 5) is 14.1. The van der Waals surface area contributed by atoms with Crippen LogP contribution in [0.4, 0.5) is 0 Å². The first-order valence-corrected chi connectivity index (χ1v) is 7.34. The van der Waals surface area contributed by atoms with Gasteiger partial charge in [0.2, 0.25) is 0 Å². The van der Waals surface area contributed by atoms with E-state index in [0.29, 0.717) is 12.2 Å². The van der Waals surface area contributed by atoms with Gasteiger partial charge in [0.05, 0.1) is 5.75 Å². The van der Waals surface area contributed by atoms with E-state index in [1.165, 1.54) is 5.56 Å². The van der Waals surface area contributed by atoms with Crippen LogP contribution in [0.2, 0.25) is 0 Å². The SMILES string of the molecule is Cc1ccc(SCC(=O)Cc2cccs2)cc1. The molecule has 2 rings (SSSR count). The van der Waals surface area contributed by atoms with Crippen molar-refractivity contribution in [1.29, 1.82) is 0 Å². The highest BCUT2D eigenvalue weighted by Gasteiger charge is 2.05. The van der Waals surface area contributed by atoms with Gasteiger partial charge in [-0.25, -0.2) is 0 Å². The van der Waals surface area contributed by atoms with Crippen LogP contribution in [0.25, 0.3) is 0 Å². The van der Waals surface area contributed by atoms with Gasteiger partial charge in [-0.2, -0.15) is 0 Å². The van der Waals surface area contributed by atoms with E-state index >= 15 is 0 Å². The van der Waals surface area contributed by atoms with E-state index in [1.54, 1.807) is 23.1 Å². The molecule has 88 valence electrons. The summed E-state index contributed by atoms with van der Waals surface area (Å²) in [5, 5.41) is 2.01. The molecule has 0 fully saturated rings. The van der Waals surface area contributed by atoms with Crippen molar-refractivity contribution in [2.24, 2.45) is 0 Å². The summed E-state index contributed by atoms with van der Waals surface area (Å²) in [5.41, 5.74) is 1.25. The molecule has 1 aromatic heterocycles. The van der Waals surface area contributed by atoms with E-state index < -0.39 is 0 Å². The van der Waals surface area contributed by atoms with Crippen LogP contribution in [0.5, 0.6) is 0 Å². The Morgan fingerprint density at radius 2 is 2.00 bits per heavy atom. The minimum Gasteiger partial charge on any atom is -0.298 e. The van der Waals surface area contributed by atoms with Crippen LogP contribution >= 0.6 is 23.1 Å². The number of hydrogen-bond donors (Lipinski definition) is 0. The molecule has 1 heterocycles. The van der Waals surface area contributed by atoms with Gasteiger partial charge in [0.15, 0.2) is 0 Å². The molecular formula is C14H14OS2. The number of Topliss-reactive ketones (excluding diaryl/α,β-unsaturated/α-hetero) is 1. The maximum atomic E-state index is 11.7. The molecule has 0 radical (unpaired) electrons. The molecule has 0 spiro atoms. The Balaban J connectivity index is 1.82. The second-order valence-electron chi connectivity index (χ2n) is 3.90. The molecule has 0 aliphatic carbocycles. The number of aryl methyl sites for hydroxylation is 1. The van der Waals surface area contributed by atoms with E-state index in [2.05, 4.69) is 31.2 Å². The molecular weight excluding hydrogens is 248 g/mol. The molecule has 2 aromatic rings. The number of hydrogen-bond acceptors (Lipinski definition) is 3. The van der Waals surface area contributed by atoms with Gasteiger partial charge in [-0.05, 0) is 30.5 Å². The lowest BCUT2D eigenvalue weighted by Gasteiger charge is -2.01. The molecule has 0 unspecified atom stereocenters. The first-order valence-electron chi connectivity index (χ1n) is 5.47. The monoisotopic (exact) mass is 262 g/mol. The van der Waals surface area contributed by atoms with E-state index in [9.17, 15) is 4.79 Å². The zero-order chi connectivity index (χ0) is 12.1. The lowest BCUT2D eigenvalue weighted by Crippen LogP contribution is -2.04. The van der Waals surface area contributed by atoms with Gasteiger partial charge in [-0.1, -0.05) is 23.8 Å². The fraction of sp³-hybridized carbons (Fsp3) is 0.214. The van der Waals surface area contributed by atoms with E-state index in [1.807, 2.05) is 17.5 Å². The van der Waals surface area contributed by atoms with Gasteiger partial charge >= 0.3 is 0 Å². The van der Waals surface area contributed by atoms with E-state index in [0.717, 1.165) is 9.77 Å². The Bertz CT molecular complexity index is 471. The Kier molecular flexibility index (Phi) is 4.40. The van der Waals surface area contributed by atoms with Crippen molar-refractivity contribution < 1.29 is 4.79 Å². The molecule has 3 heteroatoms. The van der Waals surface area contributed by atoms with Gasteiger partial charge in [-0.15, -0.1) is 23.1 Å². The molecule has 0 amide bonds. The van der Waals surface area contributed by atoms with Crippen LogP contribution in [0.3, 0.4) is 0 Å². The largest absolute Gasteiger partial charge is 0.298 e. The van der Waals surface area contributed by atoms with Crippen LogP contribution in [-0.2, 0) is 11.2 Å². The average molecular weight is 262 g/mol. The third kappa shape index (κ3) is 4.02. The molecule has 0 aliphatic rings. The number of ketones is 1. The second-order valence-corrected chi connectivity index (χ2v) is 5.98. The lowest BCUT2D eigenvalue weighted by molar-refractivity contribution is -0.115. The highest BCUT2D eigenvalue weighted by atomic mass is 32.2. The number of rotatable bonds is 5. The van der Waals surface area contributed by atoms with Crippen molar-refractivity contribution in [2.75, 3.05) is 5.75 Å². The predicted molar refractivity (Wildman–Crippen MR) is 74.9 cm³/mol. The first kappa shape index (κ1) is 12.4. The summed E-state index contributed by atoms with van der Waals surface area (Å²) in [7, 11) is 0. The van der Waals surface area contributed by atoms with Crippen molar-refractivity contribution in [3.8, 4) is 0 Å². The Labute approximate surface area is 110 Å². The highest BCUT2D eigenvalue weighted by molar-refractivity contribution is 8.00. The van der Waals surface area contributed by atoms with E-state index in [4.69, 9.17) is 0 Å². The predicted octanol–water partition coefficient (Wildman–Crippen LogP) is 3.96. The van der Waals surface area contributed by atoms with Gasteiger partial charge in [0, 0.05) is 16.2 Å². The van der Waals surface area contributed by atoms with Crippen LogP contribution in [0.15, 0.2) is 46.7 Å². The number of thiophene rings is 1. The Morgan fingerprint density at radius 1 is 1.24 bits per heavy atom. The van der Waals surface area contributed by atoms with E-state index in [-0.39, 0.29) is 5.78 Å². The molecule has 0 aliphatic heterocycles. The molecule has 0 saturated heterocycles. The summed E-state index contributed by atoms with van der Waals surface area (Å²) >= 11 is 3.26. The summed E-state index contributed by atoms with van der Waals surface area (Å²) < 4.78 is 0. The van der Waals surface area contributed by atoms with Crippen molar-refractivity contribution >= 4 is 28.9 Å².